The molecule has 1 unspecified atom stereocenters. The van der Waals surface area contributed by atoms with E-state index in [1.54, 1.807) is 5.56 Å². The highest BCUT2D eigenvalue weighted by Crippen LogP contribution is 2.46. The predicted molar refractivity (Wildman–Crippen MR) is 80.3 cm³/mol. The van der Waals surface area contributed by atoms with Gasteiger partial charge in [0.25, 0.3) is 0 Å². The molecule has 0 radical (unpaired) electrons. The summed E-state index contributed by atoms with van der Waals surface area (Å²) in [5, 5.41) is 0. The van der Waals surface area contributed by atoms with Crippen LogP contribution in [-0.2, 0) is 5.41 Å². The first-order valence-electron chi connectivity index (χ1n) is 7.30. The molecular weight excluding hydrogens is 216 g/mol. The summed E-state index contributed by atoms with van der Waals surface area (Å²) in [6.45, 7) is 14.0. The van der Waals surface area contributed by atoms with Crippen molar-refractivity contribution in [2.45, 2.75) is 72.1 Å². The molecular formula is C18H28. The maximum atomic E-state index is 2.47. The lowest BCUT2D eigenvalue weighted by molar-refractivity contribution is 0.376. The topological polar surface area (TPSA) is 0 Å². The first-order valence-corrected chi connectivity index (χ1v) is 7.30. The molecule has 100 valence electrons. The molecule has 1 atom stereocenters. The molecule has 0 amide bonds. The van der Waals surface area contributed by atoms with Crippen LogP contribution < -0.4 is 0 Å². The molecule has 1 aliphatic carbocycles. The van der Waals surface area contributed by atoms with Crippen LogP contribution in [0.2, 0.25) is 0 Å². The SMILES string of the molecule is Cc1ccc(C2CCC(C)(C)C2)cc1C(C)(C)C. The summed E-state index contributed by atoms with van der Waals surface area (Å²) in [6.07, 6.45) is 4.08. The molecule has 1 aromatic rings. The standard InChI is InChI=1S/C18H28/c1-13-7-8-14(11-16(13)17(2,3)4)15-9-10-18(5,6)12-15/h7-8,11,15H,9-10,12H2,1-6H3. The van der Waals surface area contributed by atoms with Crippen LogP contribution in [0, 0.1) is 12.3 Å². The second-order valence-electron chi connectivity index (χ2n) is 7.93. The van der Waals surface area contributed by atoms with Crippen molar-refractivity contribution in [2.75, 3.05) is 0 Å². The van der Waals surface area contributed by atoms with Gasteiger partial charge in [-0.25, -0.2) is 0 Å². The summed E-state index contributed by atoms with van der Waals surface area (Å²) < 4.78 is 0. The van der Waals surface area contributed by atoms with E-state index in [4.69, 9.17) is 0 Å². The molecule has 0 N–H and O–H groups in total. The molecule has 0 spiro atoms. The average molecular weight is 244 g/mol. The fourth-order valence-electron chi connectivity index (χ4n) is 3.42. The van der Waals surface area contributed by atoms with Crippen molar-refractivity contribution in [2.24, 2.45) is 5.41 Å². The van der Waals surface area contributed by atoms with Crippen molar-refractivity contribution in [1.29, 1.82) is 0 Å². The van der Waals surface area contributed by atoms with Gasteiger partial charge in [0.2, 0.25) is 0 Å². The Labute approximate surface area is 113 Å². The van der Waals surface area contributed by atoms with Crippen molar-refractivity contribution >= 4 is 0 Å². The zero-order valence-electron chi connectivity index (χ0n) is 12.9. The normalized spacial score (nSPS) is 23.3. The fourth-order valence-corrected chi connectivity index (χ4v) is 3.42. The summed E-state index contributed by atoms with van der Waals surface area (Å²) >= 11 is 0. The molecule has 0 aromatic heterocycles. The molecule has 0 heteroatoms. The van der Waals surface area contributed by atoms with E-state index in [9.17, 15) is 0 Å². The molecule has 1 saturated carbocycles. The molecule has 0 bridgehead atoms. The quantitative estimate of drug-likeness (QED) is 0.604. The van der Waals surface area contributed by atoms with Crippen molar-refractivity contribution in [3.63, 3.8) is 0 Å². The minimum atomic E-state index is 0.258. The fraction of sp³-hybridized carbons (Fsp3) is 0.667. The molecule has 1 fully saturated rings. The maximum absolute atomic E-state index is 2.47. The number of hydrogen-bond donors (Lipinski definition) is 0. The van der Waals surface area contributed by atoms with Crippen LogP contribution in [-0.4, -0.2) is 0 Å². The minimum Gasteiger partial charge on any atom is -0.0599 e. The Morgan fingerprint density at radius 1 is 1.17 bits per heavy atom. The van der Waals surface area contributed by atoms with Gasteiger partial charge >= 0.3 is 0 Å². The van der Waals surface area contributed by atoms with Gasteiger partial charge in [0, 0.05) is 0 Å². The average Bonchev–Trinajstić information content (AvgIpc) is 2.58. The van der Waals surface area contributed by atoms with Crippen molar-refractivity contribution in [1.82, 2.24) is 0 Å². The van der Waals surface area contributed by atoms with E-state index in [1.807, 2.05) is 0 Å². The van der Waals surface area contributed by atoms with Gasteiger partial charge in [0.05, 0.1) is 0 Å². The zero-order valence-corrected chi connectivity index (χ0v) is 12.9. The monoisotopic (exact) mass is 244 g/mol. The Balaban J connectivity index is 2.31. The van der Waals surface area contributed by atoms with Crippen molar-refractivity contribution in [3.8, 4) is 0 Å². The Hall–Kier alpha value is -0.780. The van der Waals surface area contributed by atoms with Crippen LogP contribution in [0.3, 0.4) is 0 Å². The number of hydrogen-bond acceptors (Lipinski definition) is 0. The van der Waals surface area contributed by atoms with E-state index in [0.29, 0.717) is 5.41 Å². The highest BCUT2D eigenvalue weighted by Gasteiger charge is 2.32. The van der Waals surface area contributed by atoms with Crippen LogP contribution in [0.4, 0.5) is 0 Å². The first-order chi connectivity index (χ1) is 8.19. The zero-order chi connectivity index (χ0) is 13.6. The Morgan fingerprint density at radius 3 is 2.33 bits per heavy atom. The van der Waals surface area contributed by atoms with Crippen LogP contribution >= 0.6 is 0 Å². The summed E-state index contributed by atoms with van der Waals surface area (Å²) in [7, 11) is 0. The molecule has 18 heavy (non-hydrogen) atoms. The number of rotatable bonds is 1. The third kappa shape index (κ3) is 2.79. The lowest BCUT2D eigenvalue weighted by Crippen LogP contribution is -2.14. The van der Waals surface area contributed by atoms with Crippen molar-refractivity contribution < 1.29 is 0 Å². The molecule has 1 aliphatic rings. The molecule has 0 saturated heterocycles. The van der Waals surface area contributed by atoms with E-state index < -0.39 is 0 Å². The van der Waals surface area contributed by atoms with E-state index in [-0.39, 0.29) is 5.41 Å². The van der Waals surface area contributed by atoms with E-state index in [0.717, 1.165) is 5.92 Å². The Morgan fingerprint density at radius 2 is 1.83 bits per heavy atom. The lowest BCUT2D eigenvalue weighted by atomic mass is 9.81. The number of aryl methyl sites for hydroxylation is 1. The smallest absolute Gasteiger partial charge is 0.0129 e. The van der Waals surface area contributed by atoms with Crippen molar-refractivity contribution in [3.05, 3.63) is 34.9 Å². The van der Waals surface area contributed by atoms with Gasteiger partial charge in [-0.2, -0.15) is 0 Å². The summed E-state index contributed by atoms with van der Waals surface area (Å²) in [5.41, 5.74) is 5.32. The third-order valence-electron chi connectivity index (χ3n) is 4.51. The Bertz CT molecular complexity index is 432. The highest BCUT2D eigenvalue weighted by atomic mass is 14.4. The largest absolute Gasteiger partial charge is 0.0599 e. The van der Waals surface area contributed by atoms with Gasteiger partial charge < -0.3 is 0 Å². The lowest BCUT2D eigenvalue weighted by Gasteiger charge is -2.24. The second-order valence-corrected chi connectivity index (χ2v) is 7.93. The van der Waals surface area contributed by atoms with Gasteiger partial charge in [-0.3, -0.25) is 0 Å². The van der Waals surface area contributed by atoms with Crippen LogP contribution in [0.1, 0.15) is 76.5 Å². The first kappa shape index (κ1) is 13.6. The molecule has 0 heterocycles. The summed E-state index contributed by atoms with van der Waals surface area (Å²) in [6, 6.07) is 7.15. The predicted octanol–water partition coefficient (Wildman–Crippen LogP) is 5.59. The Kier molecular flexibility index (Phi) is 3.34. The van der Waals surface area contributed by atoms with E-state index in [1.165, 1.54) is 30.4 Å². The van der Waals surface area contributed by atoms with Crippen LogP contribution in [0.25, 0.3) is 0 Å². The number of benzene rings is 1. The van der Waals surface area contributed by atoms with Crippen LogP contribution in [0.5, 0.6) is 0 Å². The van der Waals surface area contributed by atoms with Gasteiger partial charge in [0.15, 0.2) is 0 Å². The summed E-state index contributed by atoms with van der Waals surface area (Å²) in [5.74, 6) is 0.779. The third-order valence-corrected chi connectivity index (χ3v) is 4.51. The molecule has 1 aromatic carbocycles. The van der Waals surface area contributed by atoms with Gasteiger partial charge in [-0.05, 0) is 59.6 Å². The van der Waals surface area contributed by atoms with E-state index >= 15 is 0 Å². The molecule has 0 nitrogen and oxygen atoms in total. The van der Waals surface area contributed by atoms with Gasteiger partial charge in [0.1, 0.15) is 0 Å². The minimum absolute atomic E-state index is 0.258. The highest BCUT2D eigenvalue weighted by molar-refractivity contribution is 5.37. The van der Waals surface area contributed by atoms with E-state index in [2.05, 4.69) is 59.7 Å². The summed E-state index contributed by atoms with van der Waals surface area (Å²) in [4.78, 5) is 0. The molecule has 0 aliphatic heterocycles. The molecule has 2 rings (SSSR count). The van der Waals surface area contributed by atoms with Gasteiger partial charge in [-0.15, -0.1) is 0 Å². The van der Waals surface area contributed by atoms with Crippen LogP contribution in [0.15, 0.2) is 18.2 Å². The second kappa shape index (κ2) is 4.40. The van der Waals surface area contributed by atoms with Gasteiger partial charge in [-0.1, -0.05) is 52.8 Å². The maximum Gasteiger partial charge on any atom is -0.0129 e.